The van der Waals surface area contributed by atoms with Crippen molar-refractivity contribution in [1.82, 2.24) is 5.32 Å². The Bertz CT molecular complexity index is 470. The van der Waals surface area contributed by atoms with E-state index in [-0.39, 0.29) is 5.69 Å². The minimum atomic E-state index is -0.581. The number of non-ortho nitro benzene ring substituents is 1. The van der Waals surface area contributed by atoms with Gasteiger partial charge >= 0.3 is 0 Å². The number of rotatable bonds is 7. The molecule has 0 fully saturated rings. The molecule has 1 unspecified atom stereocenters. The minimum absolute atomic E-state index is 0.0801. The van der Waals surface area contributed by atoms with Crippen LogP contribution in [0.25, 0.3) is 0 Å². The lowest BCUT2D eigenvalue weighted by Crippen LogP contribution is -2.43. The molecule has 0 aliphatic heterocycles. The van der Waals surface area contributed by atoms with Crippen LogP contribution >= 0.6 is 11.8 Å². The van der Waals surface area contributed by atoms with Gasteiger partial charge < -0.3 is 0 Å². The zero-order valence-electron chi connectivity index (χ0n) is 11.0. The summed E-state index contributed by atoms with van der Waals surface area (Å²) in [5, 5.41) is 22.9. The second kappa shape index (κ2) is 7.12. The van der Waals surface area contributed by atoms with E-state index in [1.807, 2.05) is 13.8 Å². The van der Waals surface area contributed by atoms with Crippen molar-refractivity contribution in [3.8, 4) is 6.07 Å². The molecule has 0 aliphatic rings. The van der Waals surface area contributed by atoms with Gasteiger partial charge in [0.1, 0.15) is 5.54 Å². The molecule has 0 saturated heterocycles. The maximum Gasteiger partial charge on any atom is 0.269 e. The smallest absolute Gasteiger partial charge is 0.269 e. The number of nitrogens with zero attached hydrogens (tertiary/aromatic N) is 2. The molecule has 1 aromatic carbocycles. The Labute approximate surface area is 117 Å². The highest BCUT2D eigenvalue weighted by molar-refractivity contribution is 7.99. The molecule has 6 heteroatoms. The summed E-state index contributed by atoms with van der Waals surface area (Å²) < 4.78 is 0. The van der Waals surface area contributed by atoms with E-state index in [9.17, 15) is 15.4 Å². The topological polar surface area (TPSA) is 79.0 Å². The lowest BCUT2D eigenvalue weighted by molar-refractivity contribution is -0.384. The Balaban J connectivity index is 2.60. The van der Waals surface area contributed by atoms with Crippen LogP contribution in [0.2, 0.25) is 0 Å². The fourth-order valence-corrected chi connectivity index (χ4v) is 2.37. The predicted molar refractivity (Wildman–Crippen MR) is 76.1 cm³/mol. The molecule has 1 aromatic rings. The SMILES string of the molecule is CCCNC(C)(C#N)CSc1ccc([N+](=O)[O-])cc1. The molecule has 0 aromatic heterocycles. The van der Waals surface area contributed by atoms with E-state index in [1.165, 1.54) is 23.9 Å². The predicted octanol–water partition coefficient (Wildman–Crippen LogP) is 2.97. The molecule has 1 atom stereocenters. The first-order valence-corrected chi connectivity index (χ1v) is 7.03. The average molecular weight is 279 g/mol. The van der Waals surface area contributed by atoms with Gasteiger partial charge in [0.05, 0.1) is 11.0 Å². The summed E-state index contributed by atoms with van der Waals surface area (Å²) in [6, 6.07) is 8.65. The van der Waals surface area contributed by atoms with Crippen molar-refractivity contribution in [2.45, 2.75) is 30.7 Å². The van der Waals surface area contributed by atoms with Crippen LogP contribution in [0.5, 0.6) is 0 Å². The van der Waals surface area contributed by atoms with E-state index in [0.29, 0.717) is 5.75 Å². The Morgan fingerprint density at radius 3 is 2.58 bits per heavy atom. The fraction of sp³-hybridized carbons (Fsp3) is 0.462. The average Bonchev–Trinajstić information content (AvgIpc) is 2.43. The molecule has 102 valence electrons. The van der Waals surface area contributed by atoms with Crippen molar-refractivity contribution in [3.05, 3.63) is 34.4 Å². The highest BCUT2D eigenvalue weighted by Crippen LogP contribution is 2.24. The molecule has 0 heterocycles. The zero-order chi connectivity index (χ0) is 14.3. The first-order chi connectivity index (χ1) is 9.00. The number of thioether (sulfide) groups is 1. The van der Waals surface area contributed by atoms with Crippen LogP contribution in [-0.2, 0) is 0 Å². The highest BCUT2D eigenvalue weighted by atomic mass is 32.2. The van der Waals surface area contributed by atoms with E-state index in [4.69, 9.17) is 0 Å². The summed E-state index contributed by atoms with van der Waals surface area (Å²) in [5.41, 5.74) is -0.501. The van der Waals surface area contributed by atoms with Gasteiger partial charge in [0.2, 0.25) is 0 Å². The van der Waals surface area contributed by atoms with Crippen molar-refractivity contribution >= 4 is 17.4 Å². The highest BCUT2D eigenvalue weighted by Gasteiger charge is 2.22. The molecule has 0 aliphatic carbocycles. The van der Waals surface area contributed by atoms with Crippen LogP contribution in [0.1, 0.15) is 20.3 Å². The molecule has 0 spiro atoms. The van der Waals surface area contributed by atoms with Gasteiger partial charge in [0.15, 0.2) is 0 Å². The largest absolute Gasteiger partial charge is 0.299 e. The van der Waals surface area contributed by atoms with Crippen LogP contribution in [0, 0.1) is 21.4 Å². The standard InChI is InChI=1S/C13H17N3O2S/c1-3-8-15-13(2,9-14)10-19-12-6-4-11(5-7-12)16(17)18/h4-7,15H,3,8,10H2,1-2H3. The monoisotopic (exact) mass is 279 g/mol. The number of benzene rings is 1. The van der Waals surface area contributed by atoms with Crippen LogP contribution in [0.3, 0.4) is 0 Å². The summed E-state index contributed by atoms with van der Waals surface area (Å²) in [5.74, 6) is 0.599. The molecule has 0 radical (unpaired) electrons. The van der Waals surface area contributed by atoms with Crippen molar-refractivity contribution in [1.29, 1.82) is 5.26 Å². The van der Waals surface area contributed by atoms with Crippen molar-refractivity contribution in [3.63, 3.8) is 0 Å². The summed E-state index contributed by atoms with van der Waals surface area (Å²) in [7, 11) is 0. The van der Waals surface area contributed by atoms with E-state index in [1.54, 1.807) is 12.1 Å². The fourth-order valence-electron chi connectivity index (χ4n) is 1.42. The molecule has 19 heavy (non-hydrogen) atoms. The number of nitro benzene ring substituents is 1. The molecule has 5 nitrogen and oxygen atoms in total. The third-order valence-electron chi connectivity index (χ3n) is 2.59. The first-order valence-electron chi connectivity index (χ1n) is 6.04. The molecular formula is C13H17N3O2S. The van der Waals surface area contributed by atoms with Gasteiger partial charge in [-0.15, -0.1) is 11.8 Å². The van der Waals surface area contributed by atoms with Crippen LogP contribution < -0.4 is 5.32 Å². The maximum atomic E-state index is 10.5. The molecule has 0 amide bonds. The molecule has 0 bridgehead atoms. The van der Waals surface area contributed by atoms with Crippen molar-refractivity contribution < 1.29 is 4.92 Å². The molecule has 1 N–H and O–H groups in total. The second-order valence-corrected chi connectivity index (χ2v) is 5.46. The third kappa shape index (κ3) is 4.89. The number of nitrogens with one attached hydrogen (secondary N) is 1. The van der Waals surface area contributed by atoms with Gasteiger partial charge in [-0.2, -0.15) is 5.26 Å². The zero-order valence-corrected chi connectivity index (χ0v) is 11.9. The number of nitriles is 1. The lowest BCUT2D eigenvalue weighted by atomic mass is 10.1. The van der Waals surface area contributed by atoms with E-state index >= 15 is 0 Å². The van der Waals surface area contributed by atoms with Gasteiger partial charge in [0.25, 0.3) is 5.69 Å². The number of nitro groups is 1. The van der Waals surface area contributed by atoms with Gasteiger partial charge in [-0.1, -0.05) is 6.92 Å². The Morgan fingerprint density at radius 2 is 2.11 bits per heavy atom. The molecule has 1 rings (SSSR count). The normalized spacial score (nSPS) is 13.5. The number of hydrogen-bond donors (Lipinski definition) is 1. The summed E-state index contributed by atoms with van der Waals surface area (Å²) in [6.45, 7) is 4.71. The summed E-state index contributed by atoms with van der Waals surface area (Å²) in [6.07, 6.45) is 0.972. The van der Waals surface area contributed by atoms with E-state index in [0.717, 1.165) is 17.9 Å². The van der Waals surface area contributed by atoms with Crippen LogP contribution in [-0.4, -0.2) is 22.8 Å². The summed E-state index contributed by atoms with van der Waals surface area (Å²) in [4.78, 5) is 11.0. The van der Waals surface area contributed by atoms with E-state index in [2.05, 4.69) is 11.4 Å². The van der Waals surface area contributed by atoms with Crippen molar-refractivity contribution in [2.24, 2.45) is 0 Å². The second-order valence-electron chi connectivity index (χ2n) is 4.41. The minimum Gasteiger partial charge on any atom is -0.299 e. The van der Waals surface area contributed by atoms with Crippen LogP contribution in [0.4, 0.5) is 5.69 Å². The Kier molecular flexibility index (Phi) is 5.80. The van der Waals surface area contributed by atoms with Gasteiger partial charge in [0, 0.05) is 22.8 Å². The van der Waals surface area contributed by atoms with E-state index < -0.39 is 10.5 Å². The van der Waals surface area contributed by atoms with Gasteiger partial charge in [-0.25, -0.2) is 0 Å². The van der Waals surface area contributed by atoms with Crippen molar-refractivity contribution in [2.75, 3.05) is 12.3 Å². The first kappa shape index (κ1) is 15.5. The third-order valence-corrected chi connectivity index (χ3v) is 3.91. The summed E-state index contributed by atoms with van der Waals surface area (Å²) >= 11 is 1.52. The van der Waals surface area contributed by atoms with Gasteiger partial charge in [-0.3, -0.25) is 15.4 Å². The lowest BCUT2D eigenvalue weighted by Gasteiger charge is -2.22. The Morgan fingerprint density at radius 1 is 1.47 bits per heavy atom. The maximum absolute atomic E-state index is 10.5. The molecular weight excluding hydrogens is 262 g/mol. The van der Waals surface area contributed by atoms with Crippen LogP contribution in [0.15, 0.2) is 29.2 Å². The quantitative estimate of drug-likeness (QED) is 0.471. The number of hydrogen-bond acceptors (Lipinski definition) is 5. The molecule has 0 saturated carbocycles. The van der Waals surface area contributed by atoms with Gasteiger partial charge in [-0.05, 0) is 32.0 Å². The Hall–Kier alpha value is -1.58.